The Kier molecular flexibility index (Phi) is 5.29. The number of carbonyl (C=O) groups excluding carboxylic acids is 1. The van der Waals surface area contributed by atoms with E-state index >= 15 is 0 Å². The molecule has 3 rings (SSSR count). The monoisotopic (exact) mass is 329 g/mol. The van der Waals surface area contributed by atoms with Crippen LogP contribution in [0.1, 0.15) is 70.8 Å². The van der Waals surface area contributed by atoms with Gasteiger partial charge in [0.2, 0.25) is 0 Å². The van der Waals surface area contributed by atoms with Gasteiger partial charge in [-0.05, 0) is 64.4 Å². The van der Waals surface area contributed by atoms with Gasteiger partial charge in [-0.15, -0.1) is 0 Å². The number of nitrogens with one attached hydrogen (secondary N) is 1. The molecule has 2 saturated carbocycles. The van der Waals surface area contributed by atoms with Crippen molar-refractivity contribution in [3.8, 4) is 0 Å². The lowest BCUT2D eigenvalue weighted by molar-refractivity contribution is -0.156. The lowest BCUT2D eigenvalue weighted by atomic mass is 9.84. The van der Waals surface area contributed by atoms with Crippen LogP contribution in [0.2, 0.25) is 0 Å². The van der Waals surface area contributed by atoms with Crippen molar-refractivity contribution in [3.05, 3.63) is 35.9 Å². The predicted octanol–water partition coefficient (Wildman–Crippen LogP) is 4.42. The van der Waals surface area contributed by atoms with Gasteiger partial charge in [-0.2, -0.15) is 0 Å². The summed E-state index contributed by atoms with van der Waals surface area (Å²) >= 11 is 0. The quantitative estimate of drug-likeness (QED) is 0.813. The molecule has 3 heteroatoms. The topological polar surface area (TPSA) is 38.3 Å². The standard InChI is InChI=1S/C21H31NO2/c1-21(2,3)24-20(23)13-15-9-11-17(12-10-15)22-19-14-18(19)16-7-5-4-6-8-16/h4-8,15,17-19,22H,9-14H2,1-3H3/t15?,17?,18-,19+/m1/s1. The molecule has 0 heterocycles. The normalized spacial score (nSPS) is 30.0. The van der Waals surface area contributed by atoms with Gasteiger partial charge in [0.25, 0.3) is 0 Å². The van der Waals surface area contributed by atoms with Crippen LogP contribution in [0.25, 0.3) is 0 Å². The van der Waals surface area contributed by atoms with E-state index in [1.54, 1.807) is 0 Å². The zero-order valence-corrected chi connectivity index (χ0v) is 15.3. The van der Waals surface area contributed by atoms with Crippen molar-refractivity contribution >= 4 is 5.97 Å². The fraction of sp³-hybridized carbons (Fsp3) is 0.667. The van der Waals surface area contributed by atoms with E-state index in [0.29, 0.717) is 30.3 Å². The average molecular weight is 329 g/mol. The summed E-state index contributed by atoms with van der Waals surface area (Å²) in [7, 11) is 0. The maximum Gasteiger partial charge on any atom is 0.306 e. The molecule has 0 bridgehead atoms. The summed E-state index contributed by atoms with van der Waals surface area (Å²) in [4.78, 5) is 12.0. The van der Waals surface area contributed by atoms with Crippen molar-refractivity contribution in [3.63, 3.8) is 0 Å². The van der Waals surface area contributed by atoms with Crippen LogP contribution in [0.5, 0.6) is 0 Å². The fourth-order valence-corrected chi connectivity index (χ4v) is 3.90. The number of carbonyl (C=O) groups is 1. The highest BCUT2D eigenvalue weighted by atomic mass is 16.6. The first-order chi connectivity index (χ1) is 11.4. The number of benzene rings is 1. The first-order valence-corrected chi connectivity index (χ1v) is 9.43. The Morgan fingerprint density at radius 1 is 1.12 bits per heavy atom. The van der Waals surface area contributed by atoms with Crippen LogP contribution in [-0.4, -0.2) is 23.7 Å². The summed E-state index contributed by atoms with van der Waals surface area (Å²) in [6.45, 7) is 5.81. The van der Waals surface area contributed by atoms with E-state index in [0.717, 1.165) is 12.8 Å². The van der Waals surface area contributed by atoms with Gasteiger partial charge in [0.15, 0.2) is 0 Å². The minimum Gasteiger partial charge on any atom is -0.460 e. The molecule has 1 aromatic carbocycles. The zero-order chi connectivity index (χ0) is 17.2. The predicted molar refractivity (Wildman–Crippen MR) is 96.9 cm³/mol. The minimum absolute atomic E-state index is 0.0368. The molecule has 2 aliphatic rings. The van der Waals surface area contributed by atoms with E-state index in [4.69, 9.17) is 4.74 Å². The Bertz CT molecular complexity index is 541. The molecule has 0 aromatic heterocycles. The van der Waals surface area contributed by atoms with Crippen molar-refractivity contribution in [2.45, 2.75) is 82.9 Å². The Labute approximate surface area is 146 Å². The summed E-state index contributed by atoms with van der Waals surface area (Å²) in [6.07, 6.45) is 6.50. The lowest BCUT2D eigenvalue weighted by Gasteiger charge is -2.30. The third kappa shape index (κ3) is 5.07. The molecule has 24 heavy (non-hydrogen) atoms. The van der Waals surface area contributed by atoms with E-state index in [9.17, 15) is 4.79 Å². The van der Waals surface area contributed by atoms with Crippen LogP contribution in [0, 0.1) is 5.92 Å². The smallest absolute Gasteiger partial charge is 0.306 e. The van der Waals surface area contributed by atoms with Gasteiger partial charge in [-0.1, -0.05) is 30.3 Å². The number of rotatable bonds is 5. The highest BCUT2D eigenvalue weighted by molar-refractivity contribution is 5.70. The largest absolute Gasteiger partial charge is 0.460 e. The Hall–Kier alpha value is -1.35. The summed E-state index contributed by atoms with van der Waals surface area (Å²) < 4.78 is 5.45. The summed E-state index contributed by atoms with van der Waals surface area (Å²) in [5, 5.41) is 3.84. The molecular weight excluding hydrogens is 298 g/mol. The van der Waals surface area contributed by atoms with Gasteiger partial charge in [-0.3, -0.25) is 4.79 Å². The first-order valence-electron chi connectivity index (χ1n) is 9.43. The lowest BCUT2D eigenvalue weighted by Crippen LogP contribution is -2.36. The molecule has 0 saturated heterocycles. The maximum atomic E-state index is 12.0. The Morgan fingerprint density at radius 2 is 1.79 bits per heavy atom. The molecule has 0 amide bonds. The highest BCUT2D eigenvalue weighted by Crippen LogP contribution is 2.42. The fourth-order valence-electron chi connectivity index (χ4n) is 3.90. The van der Waals surface area contributed by atoms with Crippen molar-refractivity contribution in [1.29, 1.82) is 0 Å². The van der Waals surface area contributed by atoms with E-state index in [2.05, 4.69) is 35.6 Å². The third-order valence-corrected chi connectivity index (χ3v) is 5.19. The van der Waals surface area contributed by atoms with Crippen LogP contribution in [-0.2, 0) is 9.53 Å². The molecule has 1 N–H and O–H groups in total. The van der Waals surface area contributed by atoms with Crippen LogP contribution in [0.4, 0.5) is 0 Å². The minimum atomic E-state index is -0.367. The molecular formula is C21H31NO2. The van der Waals surface area contributed by atoms with Crippen molar-refractivity contribution in [2.75, 3.05) is 0 Å². The van der Waals surface area contributed by atoms with Crippen molar-refractivity contribution in [2.24, 2.45) is 5.92 Å². The van der Waals surface area contributed by atoms with Crippen LogP contribution >= 0.6 is 0 Å². The number of esters is 1. The van der Waals surface area contributed by atoms with Gasteiger partial charge in [0.05, 0.1) is 0 Å². The first kappa shape index (κ1) is 17.5. The SMILES string of the molecule is CC(C)(C)OC(=O)CC1CCC(N[C@H]2C[C@@H]2c2ccccc2)CC1. The number of hydrogen-bond acceptors (Lipinski definition) is 3. The van der Waals surface area contributed by atoms with Gasteiger partial charge in [0, 0.05) is 24.4 Å². The van der Waals surface area contributed by atoms with E-state index in [1.807, 2.05) is 20.8 Å². The molecule has 3 nitrogen and oxygen atoms in total. The molecule has 2 aliphatic carbocycles. The maximum absolute atomic E-state index is 12.0. The van der Waals surface area contributed by atoms with Gasteiger partial charge in [0.1, 0.15) is 5.60 Å². The van der Waals surface area contributed by atoms with E-state index in [1.165, 1.54) is 24.8 Å². The van der Waals surface area contributed by atoms with E-state index < -0.39 is 0 Å². The highest BCUT2D eigenvalue weighted by Gasteiger charge is 2.39. The molecule has 0 aliphatic heterocycles. The summed E-state index contributed by atoms with van der Waals surface area (Å²) in [5.41, 5.74) is 1.10. The molecule has 0 radical (unpaired) electrons. The number of ether oxygens (including phenoxy) is 1. The van der Waals surface area contributed by atoms with Crippen molar-refractivity contribution in [1.82, 2.24) is 5.32 Å². The van der Waals surface area contributed by atoms with Gasteiger partial charge >= 0.3 is 5.97 Å². The second-order valence-electron chi connectivity index (χ2n) is 8.53. The second kappa shape index (κ2) is 7.26. The molecule has 1 aromatic rings. The van der Waals surface area contributed by atoms with E-state index in [-0.39, 0.29) is 11.6 Å². The van der Waals surface area contributed by atoms with Gasteiger partial charge < -0.3 is 10.1 Å². The number of hydrogen-bond donors (Lipinski definition) is 1. The van der Waals surface area contributed by atoms with Crippen molar-refractivity contribution < 1.29 is 9.53 Å². The molecule has 2 atom stereocenters. The van der Waals surface area contributed by atoms with Crippen LogP contribution in [0.15, 0.2) is 30.3 Å². The average Bonchev–Trinajstić information content (AvgIpc) is 3.27. The molecule has 0 unspecified atom stereocenters. The van der Waals surface area contributed by atoms with Gasteiger partial charge in [-0.25, -0.2) is 0 Å². The zero-order valence-electron chi connectivity index (χ0n) is 15.3. The molecule has 132 valence electrons. The second-order valence-corrected chi connectivity index (χ2v) is 8.53. The van der Waals surface area contributed by atoms with Crippen LogP contribution in [0.3, 0.4) is 0 Å². The third-order valence-electron chi connectivity index (χ3n) is 5.19. The Balaban J connectivity index is 1.37. The van der Waals surface area contributed by atoms with Crippen LogP contribution < -0.4 is 5.32 Å². The summed E-state index contributed by atoms with van der Waals surface area (Å²) in [6, 6.07) is 12.1. The summed E-state index contributed by atoms with van der Waals surface area (Å²) in [5.74, 6) is 1.16. The molecule has 0 spiro atoms. The molecule has 2 fully saturated rings. The Morgan fingerprint density at radius 3 is 2.42 bits per heavy atom.